The smallest absolute Gasteiger partial charge is 0.410 e. The van der Waals surface area contributed by atoms with Gasteiger partial charge in [0.1, 0.15) is 29.2 Å². The van der Waals surface area contributed by atoms with Crippen molar-refractivity contribution in [2.24, 2.45) is 0 Å². The zero-order valence-electron chi connectivity index (χ0n) is 19.0. The van der Waals surface area contributed by atoms with Crippen molar-refractivity contribution in [2.75, 3.05) is 13.1 Å². The molecule has 0 bridgehead atoms. The third-order valence-corrected chi connectivity index (χ3v) is 6.27. The first-order valence-corrected chi connectivity index (χ1v) is 11.5. The fourth-order valence-electron chi connectivity index (χ4n) is 4.46. The molecular weight excluding hydrogens is 445 g/mol. The zero-order valence-corrected chi connectivity index (χ0v) is 19.7. The van der Waals surface area contributed by atoms with Gasteiger partial charge in [-0.3, -0.25) is 0 Å². The van der Waals surface area contributed by atoms with Crippen LogP contribution in [0, 0.1) is 5.82 Å². The molecule has 1 atom stereocenters. The number of piperidine rings is 1. The van der Waals surface area contributed by atoms with Gasteiger partial charge in [-0.25, -0.2) is 14.0 Å². The number of benzene rings is 2. The van der Waals surface area contributed by atoms with E-state index in [4.69, 9.17) is 21.1 Å². The van der Waals surface area contributed by atoms with Crippen molar-refractivity contribution < 1.29 is 23.5 Å². The fraction of sp³-hybridized carbons (Fsp3) is 0.423. The van der Waals surface area contributed by atoms with E-state index < -0.39 is 17.5 Å². The lowest BCUT2D eigenvalue weighted by molar-refractivity contribution is 0.0204. The Bertz CT molecular complexity index is 1110. The maximum absolute atomic E-state index is 14.6. The number of hydrogen-bond donors (Lipinski definition) is 0. The van der Waals surface area contributed by atoms with E-state index >= 15 is 0 Å². The molecule has 4 rings (SSSR count). The minimum absolute atomic E-state index is 0.139. The molecule has 1 amide bonds. The molecule has 0 spiro atoms. The van der Waals surface area contributed by atoms with Gasteiger partial charge >= 0.3 is 6.09 Å². The number of halogens is 2. The van der Waals surface area contributed by atoms with E-state index in [0.717, 1.165) is 18.4 Å². The Morgan fingerprint density at radius 3 is 2.55 bits per heavy atom. The SMILES string of the molecule is CC(C)(C)OC(=O)N1CCC(c2cccc3c2OC(c2ccc(Cl)cc2F)CC3=C=O)CC1. The Kier molecular flexibility index (Phi) is 6.51. The van der Waals surface area contributed by atoms with Crippen LogP contribution in [0.2, 0.25) is 5.02 Å². The number of hydrogen-bond acceptors (Lipinski definition) is 4. The summed E-state index contributed by atoms with van der Waals surface area (Å²) in [6, 6.07) is 10.2. The van der Waals surface area contributed by atoms with E-state index in [-0.39, 0.29) is 18.4 Å². The first-order chi connectivity index (χ1) is 15.7. The standard InChI is InChI=1S/C26H27ClFNO4/c1-26(2,3)33-25(31)29-11-9-16(10-12-29)19-5-4-6-20-17(15-30)13-23(32-24(19)20)21-8-7-18(27)14-22(21)28/h4-8,14,16,23H,9-13H2,1-3H3. The van der Waals surface area contributed by atoms with Crippen molar-refractivity contribution in [3.05, 3.63) is 63.9 Å². The fourth-order valence-corrected chi connectivity index (χ4v) is 4.62. The number of fused-ring (bicyclic) bond motifs is 1. The molecule has 2 aromatic rings. The molecular formula is C26H27ClFNO4. The summed E-state index contributed by atoms with van der Waals surface area (Å²) in [4.78, 5) is 25.9. The monoisotopic (exact) mass is 471 g/mol. The summed E-state index contributed by atoms with van der Waals surface area (Å²) in [6.07, 6.45) is 0.749. The van der Waals surface area contributed by atoms with Crippen molar-refractivity contribution >= 4 is 29.2 Å². The number of rotatable bonds is 2. The summed E-state index contributed by atoms with van der Waals surface area (Å²) >= 11 is 5.90. The highest BCUT2D eigenvalue weighted by molar-refractivity contribution is 6.30. The first-order valence-electron chi connectivity index (χ1n) is 11.1. The predicted octanol–water partition coefficient (Wildman–Crippen LogP) is 6.33. The second-order valence-corrected chi connectivity index (χ2v) is 9.96. The Hall–Kier alpha value is -2.82. The number of carbonyl (C=O) groups is 1. The Labute approximate surface area is 198 Å². The van der Waals surface area contributed by atoms with E-state index in [1.807, 2.05) is 44.9 Å². The van der Waals surface area contributed by atoms with Crippen molar-refractivity contribution in [3.8, 4) is 5.75 Å². The van der Waals surface area contributed by atoms with Gasteiger partial charge in [-0.15, -0.1) is 0 Å². The van der Waals surface area contributed by atoms with Crippen LogP contribution in [0.3, 0.4) is 0 Å². The van der Waals surface area contributed by atoms with Crippen LogP contribution in [0.25, 0.3) is 5.57 Å². The van der Waals surface area contributed by atoms with Gasteiger partial charge < -0.3 is 14.4 Å². The van der Waals surface area contributed by atoms with Crippen LogP contribution in [-0.2, 0) is 9.53 Å². The number of amides is 1. The van der Waals surface area contributed by atoms with Gasteiger partial charge in [0.2, 0.25) is 0 Å². The topological polar surface area (TPSA) is 55.8 Å². The quantitative estimate of drug-likeness (QED) is 0.480. The lowest BCUT2D eigenvalue weighted by atomic mass is 9.84. The van der Waals surface area contributed by atoms with Crippen LogP contribution < -0.4 is 4.74 Å². The zero-order chi connectivity index (χ0) is 23.8. The molecule has 0 saturated carbocycles. The Morgan fingerprint density at radius 1 is 1.18 bits per heavy atom. The van der Waals surface area contributed by atoms with E-state index in [1.54, 1.807) is 17.0 Å². The molecule has 1 saturated heterocycles. The van der Waals surface area contributed by atoms with Gasteiger partial charge in [-0.05, 0) is 57.2 Å². The minimum atomic E-state index is -0.644. The van der Waals surface area contributed by atoms with Gasteiger partial charge in [0.25, 0.3) is 0 Å². The highest BCUT2D eigenvalue weighted by Gasteiger charge is 2.33. The number of likely N-dealkylation sites (tertiary alicyclic amines) is 1. The largest absolute Gasteiger partial charge is 0.484 e. The molecule has 0 aromatic heterocycles. The lowest BCUT2D eigenvalue weighted by Crippen LogP contribution is -2.41. The average Bonchev–Trinajstić information content (AvgIpc) is 2.77. The second kappa shape index (κ2) is 9.20. The van der Waals surface area contributed by atoms with Crippen LogP contribution in [0.1, 0.15) is 68.7 Å². The lowest BCUT2D eigenvalue weighted by Gasteiger charge is -2.35. The highest BCUT2D eigenvalue weighted by Crippen LogP contribution is 2.46. The van der Waals surface area contributed by atoms with Gasteiger partial charge in [0, 0.05) is 35.7 Å². The van der Waals surface area contributed by atoms with E-state index in [1.165, 1.54) is 6.07 Å². The van der Waals surface area contributed by atoms with Crippen molar-refractivity contribution in [1.82, 2.24) is 4.90 Å². The Morgan fingerprint density at radius 2 is 1.91 bits per heavy atom. The highest BCUT2D eigenvalue weighted by atomic mass is 35.5. The van der Waals surface area contributed by atoms with Gasteiger partial charge in [-0.1, -0.05) is 35.9 Å². The Balaban J connectivity index is 1.58. The summed E-state index contributed by atoms with van der Waals surface area (Å²) < 4.78 is 26.4. The molecule has 0 N–H and O–H groups in total. The average molecular weight is 472 g/mol. The molecule has 2 heterocycles. The molecule has 2 aliphatic heterocycles. The molecule has 0 aliphatic carbocycles. The molecule has 2 aliphatic rings. The molecule has 33 heavy (non-hydrogen) atoms. The minimum Gasteiger partial charge on any atom is -0.484 e. The maximum atomic E-state index is 14.6. The van der Waals surface area contributed by atoms with Crippen LogP contribution in [0.5, 0.6) is 5.75 Å². The summed E-state index contributed by atoms with van der Waals surface area (Å²) in [6.45, 7) is 6.68. The van der Waals surface area contributed by atoms with Crippen molar-refractivity contribution in [1.29, 1.82) is 0 Å². The van der Waals surface area contributed by atoms with Gasteiger partial charge in [0.15, 0.2) is 0 Å². The van der Waals surface area contributed by atoms with Crippen LogP contribution in [-0.4, -0.2) is 35.6 Å². The van der Waals surface area contributed by atoms with E-state index in [2.05, 4.69) is 0 Å². The van der Waals surface area contributed by atoms with Crippen molar-refractivity contribution in [2.45, 2.75) is 57.7 Å². The number of para-hydroxylation sites is 1. The number of ether oxygens (including phenoxy) is 2. The summed E-state index contributed by atoms with van der Waals surface area (Å²) in [5, 5.41) is 0.302. The molecule has 7 heteroatoms. The first kappa shape index (κ1) is 23.3. The van der Waals surface area contributed by atoms with Crippen LogP contribution >= 0.6 is 11.6 Å². The molecule has 2 aromatic carbocycles. The predicted molar refractivity (Wildman–Crippen MR) is 125 cm³/mol. The maximum Gasteiger partial charge on any atom is 0.410 e. The molecule has 5 nitrogen and oxygen atoms in total. The number of carbonyl (C=O) groups excluding carboxylic acids is 2. The second-order valence-electron chi connectivity index (χ2n) is 9.52. The number of nitrogens with zero attached hydrogens (tertiary/aromatic N) is 1. The normalized spacial score (nSPS) is 18.9. The summed E-state index contributed by atoms with van der Waals surface area (Å²) in [5.74, 6) is 2.30. The summed E-state index contributed by atoms with van der Waals surface area (Å²) in [5.41, 5.74) is 1.94. The van der Waals surface area contributed by atoms with Crippen LogP contribution in [0.15, 0.2) is 36.4 Å². The third-order valence-electron chi connectivity index (χ3n) is 6.04. The van der Waals surface area contributed by atoms with Gasteiger partial charge in [0.05, 0.1) is 5.57 Å². The third kappa shape index (κ3) is 5.07. The van der Waals surface area contributed by atoms with E-state index in [9.17, 15) is 14.0 Å². The molecule has 0 radical (unpaired) electrons. The van der Waals surface area contributed by atoms with E-state index in [0.29, 0.717) is 40.6 Å². The molecule has 1 fully saturated rings. The summed E-state index contributed by atoms with van der Waals surface area (Å²) in [7, 11) is 0. The van der Waals surface area contributed by atoms with Gasteiger partial charge in [-0.2, -0.15) is 0 Å². The van der Waals surface area contributed by atoms with Crippen LogP contribution in [0.4, 0.5) is 9.18 Å². The molecule has 174 valence electrons. The van der Waals surface area contributed by atoms with Crippen molar-refractivity contribution in [3.63, 3.8) is 0 Å². The molecule has 1 unspecified atom stereocenters.